The number of hydrazine groups is 1. The maximum atomic E-state index is 5.69. The van der Waals surface area contributed by atoms with Crippen LogP contribution in [0.3, 0.4) is 0 Å². The highest BCUT2D eigenvalue weighted by molar-refractivity contribution is 4.88. The average molecular weight is 144 g/mol. The molecule has 0 aliphatic rings. The van der Waals surface area contributed by atoms with Gasteiger partial charge in [0.25, 0.3) is 0 Å². The zero-order valence-electron chi connectivity index (χ0n) is 8.02. The van der Waals surface area contributed by atoms with Crippen LogP contribution in [0.1, 0.15) is 34.6 Å². The maximum Gasteiger partial charge on any atom is 0.0340 e. The van der Waals surface area contributed by atoms with Gasteiger partial charge in [-0.3, -0.25) is 5.84 Å². The summed E-state index contributed by atoms with van der Waals surface area (Å²) in [5, 5.41) is 1.77. The fourth-order valence-corrected chi connectivity index (χ4v) is 0.529. The highest BCUT2D eigenvalue weighted by atomic mass is 15.4. The molecule has 0 spiro atoms. The molecule has 62 valence electrons. The summed E-state index contributed by atoms with van der Waals surface area (Å²) in [6.07, 6.45) is 0. The minimum atomic E-state index is 0.0486. The van der Waals surface area contributed by atoms with E-state index in [-0.39, 0.29) is 11.0 Å². The maximum absolute atomic E-state index is 5.69. The van der Waals surface area contributed by atoms with Crippen LogP contribution < -0.4 is 5.84 Å². The molecule has 0 saturated heterocycles. The quantitative estimate of drug-likeness (QED) is 0.447. The third-order valence-corrected chi connectivity index (χ3v) is 2.72. The lowest BCUT2D eigenvalue weighted by Crippen LogP contribution is -2.54. The summed E-state index contributed by atoms with van der Waals surface area (Å²) in [6, 6.07) is 0. The lowest BCUT2D eigenvalue weighted by molar-refractivity contribution is 0.0434. The van der Waals surface area contributed by atoms with Crippen LogP contribution in [0.15, 0.2) is 0 Å². The molecule has 0 atom stereocenters. The molecular weight excluding hydrogens is 124 g/mol. The first-order chi connectivity index (χ1) is 4.19. The van der Waals surface area contributed by atoms with Crippen molar-refractivity contribution in [2.45, 2.75) is 40.2 Å². The van der Waals surface area contributed by atoms with Gasteiger partial charge in [-0.05, 0) is 19.3 Å². The molecule has 0 fully saturated rings. The second-order valence-corrected chi connectivity index (χ2v) is 4.42. The molecule has 0 aromatic carbocycles. The van der Waals surface area contributed by atoms with Crippen LogP contribution in [0.4, 0.5) is 0 Å². The van der Waals surface area contributed by atoms with Crippen molar-refractivity contribution in [3.8, 4) is 0 Å². The van der Waals surface area contributed by atoms with Gasteiger partial charge >= 0.3 is 0 Å². The van der Waals surface area contributed by atoms with Crippen LogP contribution in [0.5, 0.6) is 0 Å². The number of nitrogens with zero attached hydrogens (tertiary/aromatic N) is 1. The molecule has 0 heterocycles. The first-order valence-corrected chi connectivity index (χ1v) is 3.68. The van der Waals surface area contributed by atoms with E-state index >= 15 is 0 Å². The Hall–Kier alpha value is -0.0800. The molecule has 0 saturated carbocycles. The first-order valence-electron chi connectivity index (χ1n) is 3.68. The van der Waals surface area contributed by atoms with Crippen molar-refractivity contribution in [2.24, 2.45) is 11.3 Å². The molecule has 0 unspecified atom stereocenters. The van der Waals surface area contributed by atoms with Gasteiger partial charge in [0.15, 0.2) is 0 Å². The lowest BCUT2D eigenvalue weighted by Gasteiger charge is -2.43. The van der Waals surface area contributed by atoms with Crippen molar-refractivity contribution < 1.29 is 0 Å². The molecule has 0 radical (unpaired) electrons. The molecule has 0 aromatic heterocycles. The third kappa shape index (κ3) is 1.70. The van der Waals surface area contributed by atoms with Gasteiger partial charge in [-0.2, -0.15) is 0 Å². The van der Waals surface area contributed by atoms with Crippen molar-refractivity contribution in [3.63, 3.8) is 0 Å². The van der Waals surface area contributed by atoms with E-state index < -0.39 is 0 Å². The van der Waals surface area contributed by atoms with Gasteiger partial charge in [0.05, 0.1) is 0 Å². The Kier molecular flexibility index (Phi) is 2.49. The summed E-state index contributed by atoms with van der Waals surface area (Å²) < 4.78 is 0. The summed E-state index contributed by atoms with van der Waals surface area (Å²) in [5.74, 6) is 5.69. The number of hydrogen-bond donors (Lipinski definition) is 1. The minimum Gasteiger partial charge on any atom is -0.269 e. The molecule has 10 heavy (non-hydrogen) atoms. The monoisotopic (exact) mass is 144 g/mol. The Morgan fingerprint density at radius 2 is 1.30 bits per heavy atom. The highest BCUT2D eigenvalue weighted by Gasteiger charge is 2.34. The Balaban J connectivity index is 4.40. The summed E-state index contributed by atoms with van der Waals surface area (Å²) in [7, 11) is 1.91. The van der Waals surface area contributed by atoms with Gasteiger partial charge in [0.2, 0.25) is 0 Å². The predicted molar refractivity (Wildman–Crippen MR) is 45.5 cm³/mol. The van der Waals surface area contributed by atoms with Gasteiger partial charge in [-0.1, -0.05) is 20.8 Å². The zero-order chi connectivity index (χ0) is 8.58. The van der Waals surface area contributed by atoms with Gasteiger partial charge in [0.1, 0.15) is 0 Å². The molecule has 0 amide bonds. The zero-order valence-corrected chi connectivity index (χ0v) is 8.02. The predicted octanol–water partition coefficient (Wildman–Crippen LogP) is 1.62. The van der Waals surface area contributed by atoms with Gasteiger partial charge in [0, 0.05) is 12.6 Å². The van der Waals surface area contributed by atoms with Crippen LogP contribution in [-0.4, -0.2) is 17.6 Å². The summed E-state index contributed by atoms with van der Waals surface area (Å²) >= 11 is 0. The van der Waals surface area contributed by atoms with Gasteiger partial charge < -0.3 is 0 Å². The number of hydrogen-bond acceptors (Lipinski definition) is 2. The molecule has 0 aliphatic heterocycles. The molecule has 0 aromatic rings. The molecule has 0 bridgehead atoms. The topological polar surface area (TPSA) is 29.3 Å². The standard InChI is InChI=1S/C8H20N2/c1-7(2,3)8(4,5)10(6)9/h9H2,1-6H3. The SMILES string of the molecule is CN(N)C(C)(C)C(C)(C)C. The van der Waals surface area contributed by atoms with Crippen LogP contribution in [0.2, 0.25) is 0 Å². The van der Waals surface area contributed by atoms with E-state index in [9.17, 15) is 0 Å². The summed E-state index contributed by atoms with van der Waals surface area (Å²) in [6.45, 7) is 10.9. The van der Waals surface area contributed by atoms with Crippen LogP contribution in [-0.2, 0) is 0 Å². The van der Waals surface area contributed by atoms with E-state index in [0.29, 0.717) is 0 Å². The van der Waals surface area contributed by atoms with E-state index in [1.54, 1.807) is 5.01 Å². The fourth-order valence-electron chi connectivity index (χ4n) is 0.529. The van der Waals surface area contributed by atoms with E-state index in [4.69, 9.17) is 5.84 Å². The number of nitrogens with two attached hydrogens (primary N) is 1. The van der Waals surface area contributed by atoms with Crippen LogP contribution >= 0.6 is 0 Å². The van der Waals surface area contributed by atoms with Crippen LogP contribution in [0.25, 0.3) is 0 Å². The molecule has 2 N–H and O–H groups in total. The van der Waals surface area contributed by atoms with E-state index in [1.807, 2.05) is 7.05 Å². The molecule has 2 heteroatoms. The normalized spacial score (nSPS) is 14.4. The van der Waals surface area contributed by atoms with E-state index in [1.165, 1.54) is 0 Å². The smallest absolute Gasteiger partial charge is 0.0340 e. The highest BCUT2D eigenvalue weighted by Crippen LogP contribution is 2.32. The summed E-state index contributed by atoms with van der Waals surface area (Å²) in [4.78, 5) is 0. The second kappa shape index (κ2) is 2.51. The second-order valence-electron chi connectivity index (χ2n) is 4.42. The van der Waals surface area contributed by atoms with E-state index in [2.05, 4.69) is 34.6 Å². The fraction of sp³-hybridized carbons (Fsp3) is 1.00. The third-order valence-electron chi connectivity index (χ3n) is 2.72. The Morgan fingerprint density at radius 1 is 1.00 bits per heavy atom. The molecule has 0 aliphatic carbocycles. The van der Waals surface area contributed by atoms with Crippen molar-refractivity contribution in [2.75, 3.05) is 7.05 Å². The van der Waals surface area contributed by atoms with E-state index in [0.717, 1.165) is 0 Å². The number of rotatable bonds is 1. The average Bonchev–Trinajstić information content (AvgIpc) is 1.62. The van der Waals surface area contributed by atoms with Crippen molar-refractivity contribution >= 4 is 0 Å². The van der Waals surface area contributed by atoms with Crippen molar-refractivity contribution in [1.82, 2.24) is 5.01 Å². The molecule has 2 nitrogen and oxygen atoms in total. The Morgan fingerprint density at radius 3 is 1.30 bits per heavy atom. The lowest BCUT2D eigenvalue weighted by atomic mass is 9.76. The van der Waals surface area contributed by atoms with Crippen molar-refractivity contribution in [3.05, 3.63) is 0 Å². The minimum absolute atomic E-state index is 0.0486. The molecular formula is C8H20N2. The summed E-state index contributed by atoms with van der Waals surface area (Å²) in [5.41, 5.74) is 0.267. The largest absolute Gasteiger partial charge is 0.269 e. The Labute approximate surface area is 64.4 Å². The van der Waals surface area contributed by atoms with Crippen LogP contribution in [0, 0.1) is 5.41 Å². The van der Waals surface area contributed by atoms with Gasteiger partial charge in [-0.25, -0.2) is 5.01 Å². The molecule has 0 rings (SSSR count). The van der Waals surface area contributed by atoms with Crippen molar-refractivity contribution in [1.29, 1.82) is 0 Å². The Bertz CT molecular complexity index is 109. The first kappa shape index (κ1) is 9.92. The van der Waals surface area contributed by atoms with Gasteiger partial charge in [-0.15, -0.1) is 0 Å².